The normalized spacial score (nSPS) is 39.8. The summed E-state index contributed by atoms with van der Waals surface area (Å²) in [5.41, 5.74) is 0. The van der Waals surface area contributed by atoms with Crippen LogP contribution in [0.4, 0.5) is 0 Å². The van der Waals surface area contributed by atoms with Crippen LogP contribution < -0.4 is 0 Å². The van der Waals surface area contributed by atoms with E-state index in [2.05, 4.69) is 13.8 Å². The average molecular weight is 114 g/mol. The first-order chi connectivity index (χ1) is 3.79. The van der Waals surface area contributed by atoms with Crippen molar-refractivity contribution < 1.29 is 1.43 Å². The van der Waals surface area contributed by atoms with E-state index in [-0.39, 0.29) is 1.43 Å². The highest BCUT2D eigenvalue weighted by Gasteiger charge is 2.13. The van der Waals surface area contributed by atoms with Crippen LogP contribution in [0.2, 0.25) is 0 Å². The van der Waals surface area contributed by atoms with Gasteiger partial charge in [0.05, 0.1) is 0 Å². The molecule has 0 radical (unpaired) electrons. The van der Waals surface area contributed by atoms with E-state index >= 15 is 0 Å². The third kappa shape index (κ3) is 1.50. The molecular weight excluding hydrogens is 96.1 g/mol. The molecule has 0 atom stereocenters. The lowest BCUT2D eigenvalue weighted by atomic mass is 9.84. The van der Waals surface area contributed by atoms with Crippen molar-refractivity contribution in [2.24, 2.45) is 11.8 Å². The standard InChI is InChI=1S/C8H16.H2/c1-7-3-5-8(2)6-4-7;/h7-8H,3-6H2,1-2H3;1H. The van der Waals surface area contributed by atoms with Crippen molar-refractivity contribution >= 4 is 0 Å². The molecule has 50 valence electrons. The van der Waals surface area contributed by atoms with E-state index in [1.807, 2.05) is 0 Å². The molecule has 0 heterocycles. The highest BCUT2D eigenvalue weighted by atomic mass is 14.2. The Labute approximate surface area is 53.8 Å². The fourth-order valence-electron chi connectivity index (χ4n) is 1.43. The Balaban J connectivity index is 0.000000640. The summed E-state index contributed by atoms with van der Waals surface area (Å²) in [6, 6.07) is 0. The molecule has 0 saturated heterocycles. The van der Waals surface area contributed by atoms with E-state index < -0.39 is 0 Å². The van der Waals surface area contributed by atoms with Gasteiger partial charge in [-0.25, -0.2) is 0 Å². The monoisotopic (exact) mass is 114 g/mol. The van der Waals surface area contributed by atoms with Crippen molar-refractivity contribution in [2.45, 2.75) is 39.5 Å². The molecule has 0 spiro atoms. The van der Waals surface area contributed by atoms with Gasteiger partial charge in [-0.15, -0.1) is 0 Å². The molecule has 0 aromatic heterocycles. The van der Waals surface area contributed by atoms with Gasteiger partial charge in [0.25, 0.3) is 0 Å². The molecule has 0 amide bonds. The third-order valence-electron chi connectivity index (χ3n) is 2.30. The molecule has 0 heteroatoms. The van der Waals surface area contributed by atoms with E-state index in [0.29, 0.717) is 0 Å². The lowest BCUT2D eigenvalue weighted by Crippen LogP contribution is -2.08. The summed E-state index contributed by atoms with van der Waals surface area (Å²) in [6.45, 7) is 4.73. The molecule has 1 saturated carbocycles. The van der Waals surface area contributed by atoms with Gasteiger partial charge in [0, 0.05) is 1.43 Å². The molecule has 0 nitrogen and oxygen atoms in total. The van der Waals surface area contributed by atoms with Gasteiger partial charge >= 0.3 is 0 Å². The number of hydrogen-bond acceptors (Lipinski definition) is 0. The predicted octanol–water partition coefficient (Wildman–Crippen LogP) is 3.08. The van der Waals surface area contributed by atoms with E-state index in [1.54, 1.807) is 0 Å². The smallest absolute Gasteiger partial charge is 0 e. The summed E-state index contributed by atoms with van der Waals surface area (Å²) in [5, 5.41) is 0. The summed E-state index contributed by atoms with van der Waals surface area (Å²) in [4.78, 5) is 0. The van der Waals surface area contributed by atoms with E-state index in [1.165, 1.54) is 25.7 Å². The molecule has 0 unspecified atom stereocenters. The second kappa shape index (κ2) is 2.52. The zero-order valence-electron chi connectivity index (χ0n) is 5.98. The fraction of sp³-hybridized carbons (Fsp3) is 1.00. The second-order valence-corrected chi connectivity index (χ2v) is 3.37. The Morgan fingerprint density at radius 2 is 1.12 bits per heavy atom. The molecule has 1 aliphatic carbocycles. The summed E-state index contributed by atoms with van der Waals surface area (Å²) >= 11 is 0. The van der Waals surface area contributed by atoms with Gasteiger partial charge in [-0.05, 0) is 11.8 Å². The van der Waals surface area contributed by atoms with Crippen LogP contribution in [-0.2, 0) is 0 Å². The predicted molar refractivity (Wildman–Crippen MR) is 38.9 cm³/mol. The minimum Gasteiger partial charge on any atom is -0.0625 e. The van der Waals surface area contributed by atoms with Gasteiger partial charge in [-0.1, -0.05) is 39.5 Å². The van der Waals surface area contributed by atoms with Gasteiger partial charge in [0.1, 0.15) is 0 Å². The number of rotatable bonds is 0. The molecule has 0 aromatic carbocycles. The first-order valence-corrected chi connectivity index (χ1v) is 3.79. The van der Waals surface area contributed by atoms with Crippen LogP contribution in [0.25, 0.3) is 0 Å². The first-order valence-electron chi connectivity index (χ1n) is 3.79. The van der Waals surface area contributed by atoms with Crippen molar-refractivity contribution in [2.75, 3.05) is 0 Å². The summed E-state index contributed by atoms with van der Waals surface area (Å²) in [6.07, 6.45) is 5.89. The van der Waals surface area contributed by atoms with Crippen molar-refractivity contribution in [3.05, 3.63) is 0 Å². The Hall–Kier alpha value is 0. The van der Waals surface area contributed by atoms with Crippen LogP contribution >= 0.6 is 0 Å². The molecule has 8 heavy (non-hydrogen) atoms. The van der Waals surface area contributed by atoms with Gasteiger partial charge in [0.15, 0.2) is 0 Å². The zero-order chi connectivity index (χ0) is 5.98. The van der Waals surface area contributed by atoms with E-state index in [0.717, 1.165) is 11.8 Å². The Kier molecular flexibility index (Phi) is 1.93. The van der Waals surface area contributed by atoms with Crippen molar-refractivity contribution in [3.63, 3.8) is 0 Å². The Morgan fingerprint density at radius 3 is 1.38 bits per heavy atom. The molecule has 0 aromatic rings. The SMILES string of the molecule is CC1CCC(C)CC1.[HH]. The van der Waals surface area contributed by atoms with E-state index in [4.69, 9.17) is 0 Å². The van der Waals surface area contributed by atoms with Crippen LogP contribution in [0.15, 0.2) is 0 Å². The Morgan fingerprint density at radius 1 is 0.875 bits per heavy atom. The Bertz CT molecular complexity index is 53.0. The van der Waals surface area contributed by atoms with Gasteiger partial charge < -0.3 is 0 Å². The van der Waals surface area contributed by atoms with Gasteiger partial charge in [-0.3, -0.25) is 0 Å². The maximum absolute atomic E-state index is 2.37. The second-order valence-electron chi connectivity index (χ2n) is 3.37. The third-order valence-corrected chi connectivity index (χ3v) is 2.30. The van der Waals surface area contributed by atoms with Crippen LogP contribution in [0, 0.1) is 11.8 Å². The average Bonchev–Trinajstić information content (AvgIpc) is 1.77. The largest absolute Gasteiger partial charge is 0.0625 e. The molecule has 0 bridgehead atoms. The zero-order valence-corrected chi connectivity index (χ0v) is 5.98. The highest BCUT2D eigenvalue weighted by molar-refractivity contribution is 4.65. The molecule has 1 aliphatic rings. The van der Waals surface area contributed by atoms with Crippen LogP contribution in [0.3, 0.4) is 0 Å². The molecule has 0 N–H and O–H groups in total. The summed E-state index contributed by atoms with van der Waals surface area (Å²) < 4.78 is 0. The molecule has 0 aliphatic heterocycles. The molecule has 1 rings (SSSR count). The van der Waals surface area contributed by atoms with Crippen molar-refractivity contribution in [1.29, 1.82) is 0 Å². The minimum atomic E-state index is 0. The lowest BCUT2D eigenvalue weighted by Gasteiger charge is -2.22. The van der Waals surface area contributed by atoms with Crippen molar-refractivity contribution in [1.82, 2.24) is 0 Å². The van der Waals surface area contributed by atoms with Gasteiger partial charge in [0.2, 0.25) is 0 Å². The number of hydrogen-bond donors (Lipinski definition) is 0. The fourth-order valence-corrected chi connectivity index (χ4v) is 1.43. The van der Waals surface area contributed by atoms with Crippen molar-refractivity contribution in [3.8, 4) is 0 Å². The topological polar surface area (TPSA) is 0 Å². The maximum Gasteiger partial charge on any atom is 0 e. The highest BCUT2D eigenvalue weighted by Crippen LogP contribution is 2.27. The molecular formula is C8H18. The van der Waals surface area contributed by atoms with Crippen LogP contribution in [-0.4, -0.2) is 0 Å². The maximum atomic E-state index is 2.37. The minimum absolute atomic E-state index is 0. The van der Waals surface area contributed by atoms with E-state index in [9.17, 15) is 0 Å². The quantitative estimate of drug-likeness (QED) is 0.454. The summed E-state index contributed by atoms with van der Waals surface area (Å²) in [7, 11) is 0. The summed E-state index contributed by atoms with van der Waals surface area (Å²) in [5.74, 6) is 2.04. The van der Waals surface area contributed by atoms with Crippen LogP contribution in [0.1, 0.15) is 41.0 Å². The first kappa shape index (κ1) is 6.12. The van der Waals surface area contributed by atoms with Gasteiger partial charge in [-0.2, -0.15) is 0 Å². The molecule has 1 fully saturated rings. The lowest BCUT2D eigenvalue weighted by molar-refractivity contribution is 0.308. The van der Waals surface area contributed by atoms with Crippen LogP contribution in [0.5, 0.6) is 0 Å².